The molecular formula is C14H27P. The topological polar surface area (TPSA) is 0 Å². The monoisotopic (exact) mass is 226 g/mol. The van der Waals surface area contributed by atoms with Gasteiger partial charge in [0.05, 0.1) is 0 Å². The van der Waals surface area contributed by atoms with Gasteiger partial charge in [-0.3, -0.25) is 0 Å². The Balaban J connectivity index is 2.95. The van der Waals surface area contributed by atoms with Crippen molar-refractivity contribution in [1.29, 1.82) is 0 Å². The van der Waals surface area contributed by atoms with Crippen LogP contribution < -0.4 is 0 Å². The van der Waals surface area contributed by atoms with E-state index < -0.39 is 0 Å². The minimum Gasteiger partial charge on any atom is -0.0944 e. The standard InChI is InChI=1S/C14H27P/c1-7-9-15-13(3,4)10-12(8-2)11-14(15,5)6/h8H,7,9-11H2,1-6H3. The molecule has 1 heterocycles. The van der Waals surface area contributed by atoms with Gasteiger partial charge in [0.2, 0.25) is 0 Å². The molecule has 0 aromatic rings. The number of hydrogen-bond acceptors (Lipinski definition) is 0. The van der Waals surface area contributed by atoms with Crippen LogP contribution in [0.1, 0.15) is 60.8 Å². The van der Waals surface area contributed by atoms with Crippen LogP contribution in [0, 0.1) is 0 Å². The Bertz CT molecular complexity index is 228. The first-order chi connectivity index (χ1) is 6.83. The van der Waals surface area contributed by atoms with E-state index in [1.165, 1.54) is 25.4 Å². The summed E-state index contributed by atoms with van der Waals surface area (Å²) in [6.45, 7) is 14.5. The lowest BCUT2D eigenvalue weighted by Crippen LogP contribution is -2.37. The molecule has 0 aromatic heterocycles. The first kappa shape index (κ1) is 13.2. The molecule has 1 fully saturated rings. The highest BCUT2D eigenvalue weighted by Gasteiger charge is 2.43. The Labute approximate surface area is 97.3 Å². The predicted octanol–water partition coefficient (Wildman–Crippen LogP) is 5.18. The van der Waals surface area contributed by atoms with E-state index in [1.54, 1.807) is 5.57 Å². The van der Waals surface area contributed by atoms with Gasteiger partial charge in [-0.05, 0) is 36.2 Å². The van der Waals surface area contributed by atoms with Gasteiger partial charge in [-0.25, -0.2) is 0 Å². The molecule has 0 unspecified atom stereocenters. The van der Waals surface area contributed by atoms with Gasteiger partial charge in [-0.15, -0.1) is 0 Å². The Hall–Kier alpha value is 0.170. The largest absolute Gasteiger partial charge is 0.0944 e. The molecule has 0 amide bonds. The fourth-order valence-electron chi connectivity index (χ4n) is 3.22. The highest BCUT2D eigenvalue weighted by Crippen LogP contribution is 2.66. The van der Waals surface area contributed by atoms with E-state index in [0.29, 0.717) is 10.3 Å². The summed E-state index contributed by atoms with van der Waals surface area (Å²) in [6, 6.07) is 0. The molecule has 0 saturated carbocycles. The molecule has 0 radical (unpaired) electrons. The zero-order chi connectivity index (χ0) is 11.7. The molecule has 0 nitrogen and oxygen atoms in total. The third kappa shape index (κ3) is 2.84. The third-order valence-corrected chi connectivity index (χ3v) is 7.77. The van der Waals surface area contributed by atoms with Gasteiger partial charge in [0.25, 0.3) is 0 Å². The minimum absolute atomic E-state index is 0.168. The second kappa shape index (κ2) is 4.58. The maximum absolute atomic E-state index is 2.48. The van der Waals surface area contributed by atoms with Crippen LogP contribution in [0.3, 0.4) is 0 Å². The first-order valence-electron chi connectivity index (χ1n) is 6.25. The number of hydrogen-bond donors (Lipinski definition) is 0. The number of allylic oxidation sites excluding steroid dienone is 2. The van der Waals surface area contributed by atoms with Crippen molar-refractivity contribution in [2.75, 3.05) is 6.16 Å². The predicted molar refractivity (Wildman–Crippen MR) is 73.2 cm³/mol. The Morgan fingerprint density at radius 3 is 1.93 bits per heavy atom. The summed E-state index contributed by atoms with van der Waals surface area (Å²) in [4.78, 5) is 0. The molecule has 15 heavy (non-hydrogen) atoms. The van der Waals surface area contributed by atoms with Crippen molar-refractivity contribution in [3.63, 3.8) is 0 Å². The fourth-order valence-corrected chi connectivity index (χ4v) is 7.30. The molecule has 1 saturated heterocycles. The summed E-state index contributed by atoms with van der Waals surface area (Å²) < 4.78 is 0. The smallest absolute Gasteiger partial charge is 0.0109 e. The Morgan fingerprint density at radius 2 is 1.60 bits per heavy atom. The summed E-state index contributed by atoms with van der Waals surface area (Å²) >= 11 is 0. The SMILES string of the molecule is CC=C1CC(C)(C)P(CCC)C(C)(C)C1. The van der Waals surface area contributed by atoms with Crippen molar-refractivity contribution in [3.8, 4) is 0 Å². The van der Waals surface area contributed by atoms with Gasteiger partial charge in [-0.1, -0.05) is 60.6 Å². The molecule has 1 rings (SSSR count). The molecule has 0 N–H and O–H groups in total. The molecule has 0 bridgehead atoms. The summed E-state index contributed by atoms with van der Waals surface area (Å²) in [7, 11) is 0.168. The van der Waals surface area contributed by atoms with E-state index >= 15 is 0 Å². The van der Waals surface area contributed by atoms with Crippen molar-refractivity contribution < 1.29 is 0 Å². The molecule has 1 aliphatic heterocycles. The third-order valence-electron chi connectivity index (χ3n) is 3.64. The van der Waals surface area contributed by atoms with Crippen LogP contribution in [0.4, 0.5) is 0 Å². The maximum atomic E-state index is 2.48. The van der Waals surface area contributed by atoms with Crippen molar-refractivity contribution in [2.24, 2.45) is 0 Å². The quantitative estimate of drug-likeness (QED) is 0.450. The van der Waals surface area contributed by atoms with Crippen LogP contribution in [0.5, 0.6) is 0 Å². The van der Waals surface area contributed by atoms with E-state index in [0.717, 1.165) is 0 Å². The lowest BCUT2D eigenvalue weighted by Gasteiger charge is -2.51. The zero-order valence-corrected chi connectivity index (χ0v) is 12.2. The summed E-state index contributed by atoms with van der Waals surface area (Å²) in [5.41, 5.74) is 1.68. The first-order valence-corrected chi connectivity index (χ1v) is 7.78. The normalized spacial score (nSPS) is 28.9. The van der Waals surface area contributed by atoms with Gasteiger partial charge < -0.3 is 0 Å². The van der Waals surface area contributed by atoms with Gasteiger partial charge in [0.1, 0.15) is 0 Å². The van der Waals surface area contributed by atoms with E-state index in [2.05, 4.69) is 47.6 Å². The van der Waals surface area contributed by atoms with Crippen molar-refractivity contribution in [1.82, 2.24) is 0 Å². The van der Waals surface area contributed by atoms with E-state index in [4.69, 9.17) is 0 Å². The van der Waals surface area contributed by atoms with E-state index in [9.17, 15) is 0 Å². The van der Waals surface area contributed by atoms with Crippen LogP contribution in [0.2, 0.25) is 0 Å². The lowest BCUT2D eigenvalue weighted by atomic mass is 9.92. The Kier molecular flexibility index (Phi) is 4.04. The van der Waals surface area contributed by atoms with Crippen molar-refractivity contribution in [3.05, 3.63) is 11.6 Å². The van der Waals surface area contributed by atoms with Crippen molar-refractivity contribution in [2.45, 2.75) is 71.1 Å². The molecule has 0 aliphatic carbocycles. The average Bonchev–Trinajstić information content (AvgIpc) is 2.10. The van der Waals surface area contributed by atoms with Crippen molar-refractivity contribution >= 4 is 7.92 Å². The second-order valence-electron chi connectivity index (χ2n) is 6.08. The fraction of sp³-hybridized carbons (Fsp3) is 0.857. The average molecular weight is 226 g/mol. The summed E-state index contributed by atoms with van der Waals surface area (Å²) in [6.07, 6.45) is 7.81. The summed E-state index contributed by atoms with van der Waals surface area (Å²) in [5.74, 6) is 0. The zero-order valence-electron chi connectivity index (χ0n) is 11.4. The van der Waals surface area contributed by atoms with Crippen LogP contribution >= 0.6 is 7.92 Å². The van der Waals surface area contributed by atoms with E-state index in [-0.39, 0.29) is 7.92 Å². The highest BCUT2D eigenvalue weighted by atomic mass is 31.1. The number of rotatable bonds is 2. The Morgan fingerprint density at radius 1 is 1.13 bits per heavy atom. The van der Waals surface area contributed by atoms with Gasteiger partial charge in [0.15, 0.2) is 0 Å². The van der Waals surface area contributed by atoms with E-state index in [1.807, 2.05) is 0 Å². The molecule has 0 atom stereocenters. The minimum atomic E-state index is 0.168. The highest BCUT2D eigenvalue weighted by molar-refractivity contribution is 7.61. The molecule has 1 aliphatic rings. The van der Waals surface area contributed by atoms with Gasteiger partial charge >= 0.3 is 0 Å². The lowest BCUT2D eigenvalue weighted by molar-refractivity contribution is 0.548. The van der Waals surface area contributed by atoms with Gasteiger partial charge in [-0.2, -0.15) is 0 Å². The second-order valence-corrected chi connectivity index (χ2v) is 9.80. The van der Waals surface area contributed by atoms with Crippen LogP contribution in [0.15, 0.2) is 11.6 Å². The molecule has 0 spiro atoms. The molecular weight excluding hydrogens is 199 g/mol. The summed E-state index contributed by atoms with van der Waals surface area (Å²) in [5, 5.41) is 1.10. The van der Waals surface area contributed by atoms with Crippen LogP contribution in [0.25, 0.3) is 0 Å². The molecule has 0 aromatic carbocycles. The van der Waals surface area contributed by atoms with Crippen LogP contribution in [-0.4, -0.2) is 16.5 Å². The maximum Gasteiger partial charge on any atom is -0.0109 e. The molecule has 88 valence electrons. The van der Waals surface area contributed by atoms with Crippen LogP contribution in [-0.2, 0) is 0 Å². The molecule has 1 heteroatoms. The van der Waals surface area contributed by atoms with Gasteiger partial charge in [0, 0.05) is 0 Å².